The molecular formula is C27H31F7N4O3. The molecule has 2 bridgehead atoms. The molecule has 3 saturated carbocycles. The van der Waals surface area contributed by atoms with Gasteiger partial charge in [0.25, 0.3) is 0 Å². The lowest BCUT2D eigenvalue weighted by Gasteiger charge is -2.56. The highest BCUT2D eigenvalue weighted by molar-refractivity contribution is 5.83. The molecule has 1 amide bonds. The van der Waals surface area contributed by atoms with Crippen molar-refractivity contribution >= 4 is 11.9 Å². The first kappa shape index (κ1) is 30.8. The molecule has 4 aliphatic rings. The van der Waals surface area contributed by atoms with Gasteiger partial charge in [0.15, 0.2) is 5.69 Å². The lowest BCUT2D eigenvalue weighted by atomic mass is 9.56. The van der Waals surface area contributed by atoms with Crippen LogP contribution in [0.25, 0.3) is 0 Å². The van der Waals surface area contributed by atoms with Crippen LogP contribution in [-0.4, -0.2) is 68.9 Å². The lowest BCUT2D eigenvalue weighted by molar-refractivity contribution is -0.192. The summed E-state index contributed by atoms with van der Waals surface area (Å²) in [5, 5.41) is 11.0. The maximum absolute atomic E-state index is 13.7. The van der Waals surface area contributed by atoms with E-state index in [0.717, 1.165) is 38.5 Å². The maximum atomic E-state index is 13.7. The highest BCUT2D eigenvalue weighted by Crippen LogP contribution is 2.55. The minimum Gasteiger partial charge on any atom is -0.475 e. The van der Waals surface area contributed by atoms with E-state index in [1.165, 1.54) is 16.8 Å². The van der Waals surface area contributed by atoms with Crippen LogP contribution < -0.4 is 0 Å². The first-order chi connectivity index (χ1) is 19.0. The van der Waals surface area contributed by atoms with Gasteiger partial charge in [-0.1, -0.05) is 12.1 Å². The molecule has 3 fully saturated rings. The van der Waals surface area contributed by atoms with Crippen LogP contribution in [0.2, 0.25) is 0 Å². The Labute approximate surface area is 231 Å². The number of carboxylic acid groups (broad SMARTS) is 1. The smallest absolute Gasteiger partial charge is 0.475 e. The molecular weight excluding hydrogens is 561 g/mol. The first-order valence-electron chi connectivity index (χ1n) is 13.1. The number of alkyl halides is 6. The second-order valence-electron chi connectivity index (χ2n) is 11.2. The quantitative estimate of drug-likeness (QED) is 0.490. The molecule has 0 unspecified atom stereocenters. The van der Waals surface area contributed by atoms with Crippen LogP contribution in [0.15, 0.2) is 24.3 Å². The van der Waals surface area contributed by atoms with Crippen molar-refractivity contribution in [1.82, 2.24) is 19.6 Å². The van der Waals surface area contributed by atoms with E-state index in [4.69, 9.17) is 9.90 Å². The molecule has 1 N–H and O–H groups in total. The highest BCUT2D eigenvalue weighted by atomic mass is 19.4. The predicted octanol–water partition coefficient (Wildman–Crippen LogP) is 5.26. The van der Waals surface area contributed by atoms with Gasteiger partial charge in [0, 0.05) is 23.1 Å². The van der Waals surface area contributed by atoms with E-state index in [-0.39, 0.29) is 43.1 Å². The van der Waals surface area contributed by atoms with Crippen molar-refractivity contribution in [3.8, 4) is 0 Å². The number of hydrogen-bond donors (Lipinski definition) is 1. The van der Waals surface area contributed by atoms with E-state index in [9.17, 15) is 35.5 Å². The van der Waals surface area contributed by atoms with Crippen LogP contribution in [0.5, 0.6) is 0 Å². The van der Waals surface area contributed by atoms with E-state index >= 15 is 0 Å². The summed E-state index contributed by atoms with van der Waals surface area (Å²) in [6.07, 6.45) is -4.09. The lowest BCUT2D eigenvalue weighted by Crippen LogP contribution is -2.58. The Hall–Kier alpha value is -3.16. The monoisotopic (exact) mass is 592 g/mol. The van der Waals surface area contributed by atoms with E-state index in [1.807, 2.05) is 0 Å². The molecule has 2 heterocycles. The fraction of sp³-hybridized carbons (Fsp3) is 0.593. The van der Waals surface area contributed by atoms with Crippen molar-refractivity contribution < 1.29 is 45.4 Å². The van der Waals surface area contributed by atoms with Crippen molar-refractivity contribution in [2.24, 2.45) is 5.41 Å². The van der Waals surface area contributed by atoms with E-state index in [0.29, 0.717) is 11.3 Å². The van der Waals surface area contributed by atoms with E-state index in [2.05, 4.69) is 24.1 Å². The molecule has 0 spiro atoms. The van der Waals surface area contributed by atoms with E-state index < -0.39 is 35.2 Å². The number of nitrogens with zero attached hydrogens (tertiary/aromatic N) is 4. The van der Waals surface area contributed by atoms with Gasteiger partial charge in [0.2, 0.25) is 5.91 Å². The Bertz CT molecular complexity index is 1260. The molecule has 0 saturated heterocycles. The summed E-state index contributed by atoms with van der Waals surface area (Å²) < 4.78 is 87.6. The standard InChI is InChI=1S/C25H30F4N4O.C2HF3O2/c1-31(2)24-11-8-23(9-12-24,10-13-24)22(34)32-14-7-19-20(16-32)33(30-21(19)25(27,28)29)15-17-3-5-18(26)6-4-17;3-2(4,5)1(6)7/h3-6H,7-16H2,1-2H3;(H,6,7). The number of rotatable bonds is 4. The molecule has 3 aliphatic carbocycles. The largest absolute Gasteiger partial charge is 0.490 e. The SMILES string of the molecule is CN(C)C12CCC(C(=O)N3CCc4c(C(F)(F)F)nn(Cc5ccc(F)cc5)c4C3)(CC1)CC2.O=C(O)C(F)(F)F. The number of carboxylic acids is 1. The van der Waals surface area contributed by atoms with Crippen molar-refractivity contribution in [2.75, 3.05) is 20.6 Å². The molecule has 226 valence electrons. The molecule has 0 radical (unpaired) electrons. The number of halogens is 7. The van der Waals surface area contributed by atoms with Crippen LogP contribution in [-0.2, 0) is 35.3 Å². The number of fused-ring (bicyclic) bond motifs is 4. The van der Waals surface area contributed by atoms with Gasteiger partial charge in [-0.3, -0.25) is 9.48 Å². The minimum absolute atomic E-state index is 0.0771. The second-order valence-corrected chi connectivity index (χ2v) is 11.2. The van der Waals surface area contributed by atoms with Gasteiger partial charge in [-0.25, -0.2) is 9.18 Å². The average molecular weight is 593 g/mol. The van der Waals surface area contributed by atoms with Crippen molar-refractivity contribution in [1.29, 1.82) is 0 Å². The second kappa shape index (κ2) is 10.9. The highest BCUT2D eigenvalue weighted by Gasteiger charge is 2.54. The Morgan fingerprint density at radius 2 is 1.51 bits per heavy atom. The molecule has 0 atom stereocenters. The summed E-state index contributed by atoms with van der Waals surface area (Å²) in [4.78, 5) is 26.7. The molecule has 2 aromatic rings. The van der Waals surface area contributed by atoms with Gasteiger partial charge < -0.3 is 14.9 Å². The van der Waals surface area contributed by atoms with Crippen molar-refractivity contribution in [3.63, 3.8) is 0 Å². The van der Waals surface area contributed by atoms with Crippen molar-refractivity contribution in [2.45, 2.75) is 75.9 Å². The summed E-state index contributed by atoms with van der Waals surface area (Å²) in [7, 11) is 4.21. The number of carbonyl (C=O) groups excluding carboxylic acids is 1. The summed E-state index contributed by atoms with van der Waals surface area (Å²) in [6.45, 7) is 0.494. The van der Waals surface area contributed by atoms with Crippen LogP contribution in [0.1, 0.15) is 61.0 Å². The molecule has 1 aromatic heterocycles. The Kier molecular flexibility index (Phi) is 8.20. The zero-order valence-corrected chi connectivity index (χ0v) is 22.6. The summed E-state index contributed by atoms with van der Waals surface area (Å²) in [6, 6.07) is 5.65. The number of aliphatic carboxylic acids is 1. The number of benzene rings is 1. The predicted molar refractivity (Wildman–Crippen MR) is 132 cm³/mol. The normalized spacial score (nSPS) is 24.1. The average Bonchev–Trinajstić information content (AvgIpc) is 3.28. The van der Waals surface area contributed by atoms with Gasteiger partial charge in [0.05, 0.1) is 18.8 Å². The molecule has 6 rings (SSSR count). The fourth-order valence-electron chi connectivity index (χ4n) is 6.27. The third-order valence-electron chi connectivity index (χ3n) is 8.79. The number of amides is 1. The van der Waals surface area contributed by atoms with Crippen LogP contribution >= 0.6 is 0 Å². The van der Waals surface area contributed by atoms with Gasteiger partial charge in [-0.15, -0.1) is 0 Å². The zero-order valence-electron chi connectivity index (χ0n) is 22.6. The molecule has 41 heavy (non-hydrogen) atoms. The van der Waals surface area contributed by atoms with Gasteiger partial charge in [-0.05, 0) is 76.7 Å². The summed E-state index contributed by atoms with van der Waals surface area (Å²) in [5.74, 6) is -3.09. The topological polar surface area (TPSA) is 78.7 Å². The van der Waals surface area contributed by atoms with Gasteiger partial charge >= 0.3 is 18.3 Å². The van der Waals surface area contributed by atoms with Crippen molar-refractivity contribution in [3.05, 3.63) is 52.6 Å². The van der Waals surface area contributed by atoms with Gasteiger partial charge in [0.1, 0.15) is 5.82 Å². The number of aromatic nitrogens is 2. The fourth-order valence-corrected chi connectivity index (χ4v) is 6.27. The van der Waals surface area contributed by atoms with Crippen LogP contribution in [0.3, 0.4) is 0 Å². The molecule has 1 aromatic carbocycles. The summed E-state index contributed by atoms with van der Waals surface area (Å²) >= 11 is 0. The molecule has 1 aliphatic heterocycles. The number of carbonyl (C=O) groups is 2. The number of hydrogen-bond acceptors (Lipinski definition) is 4. The van der Waals surface area contributed by atoms with Gasteiger partial charge in [-0.2, -0.15) is 31.4 Å². The Morgan fingerprint density at radius 3 is 1.98 bits per heavy atom. The third kappa shape index (κ3) is 6.21. The Morgan fingerprint density at radius 1 is 0.976 bits per heavy atom. The molecule has 14 heteroatoms. The first-order valence-corrected chi connectivity index (χ1v) is 13.1. The zero-order chi connectivity index (χ0) is 30.4. The minimum atomic E-state index is -5.08. The van der Waals surface area contributed by atoms with Crippen LogP contribution in [0, 0.1) is 11.2 Å². The third-order valence-corrected chi connectivity index (χ3v) is 8.79. The van der Waals surface area contributed by atoms with Crippen LogP contribution in [0.4, 0.5) is 30.7 Å². The van der Waals surface area contributed by atoms with E-state index in [1.54, 1.807) is 17.0 Å². The maximum Gasteiger partial charge on any atom is 0.490 e. The Balaban J connectivity index is 0.000000493. The molecule has 7 nitrogen and oxygen atoms in total. The summed E-state index contributed by atoms with van der Waals surface area (Å²) in [5.41, 5.74) is 0.163.